The van der Waals surface area contributed by atoms with Crippen molar-refractivity contribution in [3.8, 4) is 11.5 Å². The lowest BCUT2D eigenvalue weighted by Crippen LogP contribution is -2.28. The van der Waals surface area contributed by atoms with Crippen LogP contribution in [0.2, 0.25) is 0 Å². The molecule has 0 saturated carbocycles. The summed E-state index contributed by atoms with van der Waals surface area (Å²) in [4.78, 5) is 18.6. The molecule has 28 heavy (non-hydrogen) atoms. The molecule has 1 amide bonds. The maximum atomic E-state index is 12.8. The fourth-order valence-corrected chi connectivity index (χ4v) is 2.92. The molecule has 0 radical (unpaired) electrons. The molecule has 2 aliphatic heterocycles. The maximum Gasteiger partial charge on any atom is 0.314 e. The van der Waals surface area contributed by atoms with Gasteiger partial charge in [-0.05, 0) is 18.2 Å². The van der Waals surface area contributed by atoms with Crippen molar-refractivity contribution in [2.75, 3.05) is 6.54 Å². The van der Waals surface area contributed by atoms with Crippen LogP contribution in [0.25, 0.3) is 11.5 Å². The van der Waals surface area contributed by atoms with Crippen LogP contribution in [0.4, 0.5) is 8.78 Å². The molecule has 0 saturated heterocycles. The largest absolute Gasteiger partial charge is 0.415 e. The molecule has 0 spiro atoms. The van der Waals surface area contributed by atoms with Crippen LogP contribution in [-0.2, 0) is 6.54 Å². The van der Waals surface area contributed by atoms with Gasteiger partial charge in [0, 0.05) is 36.4 Å². The molecule has 0 aromatic carbocycles. The van der Waals surface area contributed by atoms with Gasteiger partial charge in [-0.2, -0.15) is 8.78 Å². The van der Waals surface area contributed by atoms with E-state index >= 15 is 0 Å². The van der Waals surface area contributed by atoms with Crippen molar-refractivity contribution >= 4 is 12.1 Å². The summed E-state index contributed by atoms with van der Waals surface area (Å²) in [6.45, 7) is 0.509. The Balaban J connectivity index is 1.57. The first-order chi connectivity index (χ1) is 13.6. The molecule has 0 atom stereocenters. The van der Waals surface area contributed by atoms with E-state index in [4.69, 9.17) is 9.83 Å². The van der Waals surface area contributed by atoms with Gasteiger partial charge in [-0.25, -0.2) is 0 Å². The second-order valence-corrected chi connectivity index (χ2v) is 6.07. The molecule has 4 heterocycles. The molecule has 2 aliphatic rings. The van der Waals surface area contributed by atoms with E-state index in [0.717, 1.165) is 5.70 Å². The maximum absolute atomic E-state index is 12.8. The highest BCUT2D eigenvalue weighted by molar-refractivity contribution is 5.99. The number of amides is 1. The Labute approximate surface area is 157 Å². The third kappa shape index (κ3) is 3.20. The highest BCUT2D eigenvalue weighted by atomic mass is 19.3. The zero-order chi connectivity index (χ0) is 19.7. The van der Waals surface area contributed by atoms with E-state index in [0.29, 0.717) is 22.4 Å². The predicted molar refractivity (Wildman–Crippen MR) is 94.5 cm³/mol. The summed E-state index contributed by atoms with van der Waals surface area (Å²) >= 11 is 0. The summed E-state index contributed by atoms with van der Waals surface area (Å²) in [5.74, 6) is -1.18. The average Bonchev–Trinajstić information content (AvgIpc) is 3.32. The first kappa shape index (κ1) is 17.7. The topological polar surface area (TPSA) is 108 Å². The molecule has 0 fully saturated rings. The standard InChI is InChI=1S/C18H14F2N6O2/c19-15(20)17-25-24-16(28-17)10-5-12-14(23-7-10)9-26(18(12)27)8-11(6-21)13-3-1-2-4-22-13/h1-7,15,21-22H,8-9H2/b13-11+,21-6?. The Hall–Kier alpha value is -3.69. The van der Waals surface area contributed by atoms with Crippen LogP contribution >= 0.6 is 0 Å². The average molecular weight is 384 g/mol. The SMILES string of the molecule is N=C/C(CN1Cc2ncc(-c3nnc(C(F)F)o3)cc2C1=O)=C1/C=CC=CN1. The fourth-order valence-electron chi connectivity index (χ4n) is 2.92. The molecule has 2 aromatic heterocycles. The number of hydrogen-bond donors (Lipinski definition) is 2. The summed E-state index contributed by atoms with van der Waals surface area (Å²) in [5, 5.41) is 17.5. The van der Waals surface area contributed by atoms with Gasteiger partial charge in [-0.15, -0.1) is 10.2 Å². The number of rotatable bonds is 5. The number of nitrogens with zero attached hydrogens (tertiary/aromatic N) is 4. The number of aromatic nitrogens is 3. The van der Waals surface area contributed by atoms with Crippen LogP contribution in [0, 0.1) is 5.41 Å². The van der Waals surface area contributed by atoms with E-state index in [-0.39, 0.29) is 24.9 Å². The van der Waals surface area contributed by atoms with Crippen LogP contribution in [0.5, 0.6) is 0 Å². The van der Waals surface area contributed by atoms with Crippen molar-refractivity contribution in [2.24, 2.45) is 0 Å². The van der Waals surface area contributed by atoms with E-state index < -0.39 is 12.3 Å². The number of nitrogens with one attached hydrogen (secondary N) is 2. The first-order valence-electron chi connectivity index (χ1n) is 8.30. The minimum Gasteiger partial charge on any atom is -0.415 e. The lowest BCUT2D eigenvalue weighted by Gasteiger charge is -2.18. The van der Waals surface area contributed by atoms with Gasteiger partial charge in [0.1, 0.15) is 0 Å². The van der Waals surface area contributed by atoms with E-state index in [1.165, 1.54) is 18.5 Å². The van der Waals surface area contributed by atoms with Gasteiger partial charge in [0.05, 0.1) is 23.4 Å². The lowest BCUT2D eigenvalue weighted by atomic mass is 10.1. The number of allylic oxidation sites excluding steroid dienone is 3. The third-order valence-electron chi connectivity index (χ3n) is 4.29. The van der Waals surface area contributed by atoms with Crippen LogP contribution < -0.4 is 5.32 Å². The summed E-state index contributed by atoms with van der Waals surface area (Å²) in [6.07, 6.45) is 6.96. The van der Waals surface area contributed by atoms with E-state index in [1.807, 2.05) is 18.2 Å². The summed E-state index contributed by atoms with van der Waals surface area (Å²) < 4.78 is 30.2. The zero-order valence-electron chi connectivity index (χ0n) is 14.4. The van der Waals surface area contributed by atoms with E-state index in [2.05, 4.69) is 20.5 Å². The second-order valence-electron chi connectivity index (χ2n) is 6.07. The smallest absolute Gasteiger partial charge is 0.314 e. The van der Waals surface area contributed by atoms with Gasteiger partial charge < -0.3 is 20.0 Å². The molecule has 0 unspecified atom stereocenters. The Morgan fingerprint density at radius 2 is 2.25 bits per heavy atom. The molecule has 142 valence electrons. The van der Waals surface area contributed by atoms with Crippen molar-refractivity contribution in [1.29, 1.82) is 5.41 Å². The van der Waals surface area contributed by atoms with Gasteiger partial charge in [-0.1, -0.05) is 6.08 Å². The molecular formula is C18H14F2N6O2. The van der Waals surface area contributed by atoms with E-state index in [9.17, 15) is 13.6 Å². The molecular weight excluding hydrogens is 370 g/mol. The van der Waals surface area contributed by atoms with Crippen molar-refractivity contribution in [2.45, 2.75) is 13.0 Å². The molecule has 10 heteroatoms. The fraction of sp³-hybridized carbons (Fsp3) is 0.167. The van der Waals surface area contributed by atoms with Gasteiger partial charge in [-0.3, -0.25) is 9.78 Å². The highest BCUT2D eigenvalue weighted by Crippen LogP contribution is 2.28. The molecule has 0 aliphatic carbocycles. The first-order valence-corrected chi connectivity index (χ1v) is 8.30. The summed E-state index contributed by atoms with van der Waals surface area (Å²) in [7, 11) is 0. The Bertz CT molecular complexity index is 1040. The number of dihydropyridines is 1. The second kappa shape index (κ2) is 7.14. The minimum atomic E-state index is -2.87. The Morgan fingerprint density at radius 3 is 2.93 bits per heavy atom. The normalized spacial score (nSPS) is 17.1. The molecule has 8 nitrogen and oxygen atoms in total. The van der Waals surface area contributed by atoms with Gasteiger partial charge in [0.2, 0.25) is 5.89 Å². The minimum absolute atomic E-state index is 0.123. The zero-order valence-corrected chi connectivity index (χ0v) is 14.4. The van der Waals surface area contributed by atoms with E-state index in [1.54, 1.807) is 11.1 Å². The van der Waals surface area contributed by atoms with Crippen LogP contribution in [0.3, 0.4) is 0 Å². The Kier molecular flexibility index (Phi) is 4.52. The summed E-state index contributed by atoms with van der Waals surface area (Å²) in [5.41, 5.74) is 2.57. The number of carbonyl (C=O) groups excluding carboxylic acids is 1. The Morgan fingerprint density at radius 1 is 1.39 bits per heavy atom. The summed E-state index contributed by atoms with van der Waals surface area (Å²) in [6, 6.07) is 1.51. The monoisotopic (exact) mass is 384 g/mol. The highest BCUT2D eigenvalue weighted by Gasteiger charge is 2.30. The number of hydrogen-bond acceptors (Lipinski definition) is 7. The van der Waals surface area contributed by atoms with Crippen LogP contribution in [-0.4, -0.2) is 38.7 Å². The number of carbonyl (C=O) groups is 1. The van der Waals surface area contributed by atoms with Gasteiger partial charge in [0.15, 0.2) is 0 Å². The number of fused-ring (bicyclic) bond motifs is 1. The lowest BCUT2D eigenvalue weighted by molar-refractivity contribution is 0.0793. The van der Waals surface area contributed by atoms with Crippen LogP contribution in [0.1, 0.15) is 28.4 Å². The molecule has 2 aromatic rings. The van der Waals surface area contributed by atoms with Crippen molar-refractivity contribution < 1.29 is 18.0 Å². The molecule has 4 rings (SSSR count). The number of pyridine rings is 1. The van der Waals surface area contributed by atoms with Gasteiger partial charge in [0.25, 0.3) is 11.8 Å². The third-order valence-corrected chi connectivity index (χ3v) is 4.29. The number of halogens is 2. The quantitative estimate of drug-likeness (QED) is 0.767. The van der Waals surface area contributed by atoms with Crippen molar-refractivity contribution in [1.82, 2.24) is 25.4 Å². The predicted octanol–water partition coefficient (Wildman–Crippen LogP) is 2.60. The number of alkyl halides is 2. The van der Waals surface area contributed by atoms with Crippen molar-refractivity contribution in [3.63, 3.8) is 0 Å². The molecule has 0 bridgehead atoms. The van der Waals surface area contributed by atoms with Crippen LogP contribution in [0.15, 0.2) is 52.4 Å². The molecule has 2 N–H and O–H groups in total. The van der Waals surface area contributed by atoms with Gasteiger partial charge >= 0.3 is 6.43 Å². The van der Waals surface area contributed by atoms with Crippen molar-refractivity contribution in [3.05, 3.63) is 65.1 Å².